The van der Waals surface area contributed by atoms with Gasteiger partial charge in [0.05, 0.1) is 21.7 Å². The number of ether oxygens (including phenoxy) is 3. The number of carbonyl (C=O) groups excluding carboxylic acids is 2. The number of pyridine rings is 1. The maximum Gasteiger partial charge on any atom is 0.339 e. The molecule has 41 heavy (non-hydrogen) atoms. The van der Waals surface area contributed by atoms with Crippen molar-refractivity contribution in [3.05, 3.63) is 99.2 Å². The summed E-state index contributed by atoms with van der Waals surface area (Å²) in [6, 6.07) is 18.8. The number of benzene rings is 3. The number of para-hydroxylation sites is 3. The maximum atomic E-state index is 13.7. The summed E-state index contributed by atoms with van der Waals surface area (Å²) >= 11 is 0. The van der Waals surface area contributed by atoms with E-state index in [-0.39, 0.29) is 18.2 Å². The van der Waals surface area contributed by atoms with Crippen LogP contribution in [0.25, 0.3) is 22.6 Å². The van der Waals surface area contributed by atoms with E-state index in [1.54, 1.807) is 6.07 Å². The molecule has 1 N–H and O–H groups in total. The Bertz CT molecular complexity index is 1750. The minimum Gasteiger partial charge on any atom is -0.454 e. The quantitative estimate of drug-likeness (QED) is 0.177. The van der Waals surface area contributed by atoms with E-state index in [9.17, 15) is 19.7 Å². The number of nitro benzene ring substituents is 1. The molecule has 1 amide bonds. The summed E-state index contributed by atoms with van der Waals surface area (Å²) in [5.41, 5.74) is 4.16. The van der Waals surface area contributed by atoms with Crippen molar-refractivity contribution in [1.82, 2.24) is 4.98 Å². The average molecular weight is 552 g/mol. The number of nitrogens with one attached hydrogen (secondary N) is 1. The SMILES string of the molecule is C[C@@H](OC(=O)c1c2c(nc3ccccc13)/C(=C/c1ccc3c(c1)OCO3)CCC2)C(=O)Nc1ccccc1[N+](=O)[O-]. The number of rotatable bonds is 6. The van der Waals surface area contributed by atoms with Crippen LogP contribution in [0.5, 0.6) is 11.5 Å². The minimum atomic E-state index is -1.21. The van der Waals surface area contributed by atoms with E-state index in [0.29, 0.717) is 34.4 Å². The number of allylic oxidation sites excluding steroid dienone is 1. The van der Waals surface area contributed by atoms with Crippen LogP contribution in [0.1, 0.15) is 46.9 Å². The second-order valence-corrected chi connectivity index (χ2v) is 9.78. The molecule has 4 aromatic rings. The van der Waals surface area contributed by atoms with Crippen LogP contribution in [0.4, 0.5) is 11.4 Å². The van der Waals surface area contributed by atoms with Crippen molar-refractivity contribution in [2.24, 2.45) is 0 Å². The van der Waals surface area contributed by atoms with Gasteiger partial charge in [-0.05, 0) is 73.2 Å². The van der Waals surface area contributed by atoms with Gasteiger partial charge < -0.3 is 19.5 Å². The molecule has 10 heteroatoms. The van der Waals surface area contributed by atoms with Crippen LogP contribution in [-0.2, 0) is 16.0 Å². The molecule has 6 rings (SSSR count). The average Bonchev–Trinajstić information content (AvgIpc) is 3.44. The first kappa shape index (κ1) is 26.0. The van der Waals surface area contributed by atoms with E-state index in [1.165, 1.54) is 25.1 Å². The molecule has 1 atom stereocenters. The standard InChI is InChI=1S/C31H25N3O7/c1-18(30(35)33-24-11-4-5-12-25(24)34(37)38)41-31(36)28-21-8-2-3-10-23(21)32-29-20(7-6-9-22(28)29)15-19-13-14-26-27(16-19)40-17-39-26/h2-5,8,10-16,18H,6-7,9,17H2,1H3,(H,33,35)/b20-15+/t18-/m1/s1. The number of nitrogens with zero attached hydrogens (tertiary/aromatic N) is 2. The van der Waals surface area contributed by atoms with Gasteiger partial charge in [-0.15, -0.1) is 0 Å². The lowest BCUT2D eigenvalue weighted by Gasteiger charge is -2.23. The summed E-state index contributed by atoms with van der Waals surface area (Å²) in [4.78, 5) is 42.2. The summed E-state index contributed by atoms with van der Waals surface area (Å²) in [7, 11) is 0. The molecular formula is C31H25N3O7. The number of carbonyl (C=O) groups is 2. The Labute approximate surface area is 234 Å². The fraction of sp³-hybridized carbons (Fsp3) is 0.194. The monoisotopic (exact) mass is 551 g/mol. The Morgan fingerprint density at radius 3 is 2.68 bits per heavy atom. The van der Waals surface area contributed by atoms with Gasteiger partial charge in [0.25, 0.3) is 11.6 Å². The second-order valence-electron chi connectivity index (χ2n) is 9.78. The molecule has 1 aromatic heterocycles. The lowest BCUT2D eigenvalue weighted by atomic mass is 9.86. The number of aromatic nitrogens is 1. The molecule has 0 saturated carbocycles. The number of nitro groups is 1. The molecule has 206 valence electrons. The minimum absolute atomic E-state index is 0.0236. The zero-order chi connectivity index (χ0) is 28.5. The third kappa shape index (κ3) is 5.07. The number of hydrogen-bond acceptors (Lipinski definition) is 8. The number of amides is 1. The third-order valence-corrected chi connectivity index (χ3v) is 7.12. The van der Waals surface area contributed by atoms with Crippen LogP contribution in [0.15, 0.2) is 66.7 Å². The molecule has 0 fully saturated rings. The van der Waals surface area contributed by atoms with Crippen molar-refractivity contribution in [1.29, 1.82) is 0 Å². The first-order valence-electron chi connectivity index (χ1n) is 13.2. The van der Waals surface area contributed by atoms with Crippen LogP contribution >= 0.6 is 0 Å². The zero-order valence-electron chi connectivity index (χ0n) is 22.1. The lowest BCUT2D eigenvalue weighted by molar-refractivity contribution is -0.383. The van der Waals surface area contributed by atoms with E-state index in [2.05, 4.69) is 5.32 Å². The Morgan fingerprint density at radius 2 is 1.83 bits per heavy atom. The largest absolute Gasteiger partial charge is 0.454 e. The van der Waals surface area contributed by atoms with Gasteiger partial charge in [0.1, 0.15) is 5.69 Å². The van der Waals surface area contributed by atoms with Crippen molar-refractivity contribution in [3.8, 4) is 11.5 Å². The van der Waals surface area contributed by atoms with Crippen LogP contribution in [0, 0.1) is 10.1 Å². The van der Waals surface area contributed by atoms with Crippen molar-refractivity contribution in [2.75, 3.05) is 12.1 Å². The van der Waals surface area contributed by atoms with Gasteiger partial charge in [0.2, 0.25) is 6.79 Å². The molecule has 0 unspecified atom stereocenters. The van der Waals surface area contributed by atoms with E-state index < -0.39 is 22.9 Å². The molecule has 0 radical (unpaired) electrons. The van der Waals surface area contributed by atoms with Crippen molar-refractivity contribution in [2.45, 2.75) is 32.3 Å². The van der Waals surface area contributed by atoms with Gasteiger partial charge in [-0.1, -0.05) is 36.4 Å². The maximum absolute atomic E-state index is 13.7. The summed E-state index contributed by atoms with van der Waals surface area (Å²) in [6.45, 7) is 1.62. The first-order valence-corrected chi connectivity index (χ1v) is 13.2. The fourth-order valence-corrected chi connectivity index (χ4v) is 5.16. The molecule has 0 saturated heterocycles. The summed E-state index contributed by atoms with van der Waals surface area (Å²) in [5, 5.41) is 14.5. The molecule has 10 nitrogen and oxygen atoms in total. The lowest BCUT2D eigenvalue weighted by Crippen LogP contribution is -2.31. The highest BCUT2D eigenvalue weighted by atomic mass is 16.7. The van der Waals surface area contributed by atoms with Crippen LogP contribution in [0.3, 0.4) is 0 Å². The predicted octanol–water partition coefficient (Wildman–Crippen LogP) is 5.93. The number of fused-ring (bicyclic) bond motifs is 3. The molecule has 1 aliphatic carbocycles. The second kappa shape index (κ2) is 10.7. The van der Waals surface area contributed by atoms with E-state index in [1.807, 2.05) is 48.5 Å². The Hall–Kier alpha value is -5.25. The summed E-state index contributed by atoms with van der Waals surface area (Å²) < 4.78 is 16.6. The molecular weight excluding hydrogens is 526 g/mol. The molecule has 2 heterocycles. The van der Waals surface area contributed by atoms with Crippen LogP contribution in [0.2, 0.25) is 0 Å². The highest BCUT2D eigenvalue weighted by Crippen LogP contribution is 2.38. The molecule has 3 aromatic carbocycles. The Kier molecular flexibility index (Phi) is 6.80. The Morgan fingerprint density at radius 1 is 1.05 bits per heavy atom. The topological polar surface area (TPSA) is 130 Å². The van der Waals surface area contributed by atoms with Crippen LogP contribution < -0.4 is 14.8 Å². The number of hydrogen-bond donors (Lipinski definition) is 1. The molecule has 2 aliphatic rings. The first-order chi connectivity index (χ1) is 19.9. The number of anilines is 1. The van der Waals surface area contributed by atoms with Crippen molar-refractivity contribution in [3.63, 3.8) is 0 Å². The number of esters is 1. The van der Waals surface area contributed by atoms with Crippen molar-refractivity contribution < 1.29 is 28.7 Å². The van der Waals surface area contributed by atoms with E-state index in [4.69, 9.17) is 19.2 Å². The van der Waals surface area contributed by atoms with Gasteiger partial charge in [0.15, 0.2) is 17.6 Å². The van der Waals surface area contributed by atoms with Gasteiger partial charge in [0, 0.05) is 11.5 Å². The van der Waals surface area contributed by atoms with E-state index >= 15 is 0 Å². The van der Waals surface area contributed by atoms with Gasteiger partial charge in [-0.3, -0.25) is 14.9 Å². The van der Waals surface area contributed by atoms with Gasteiger partial charge in [-0.2, -0.15) is 0 Å². The fourth-order valence-electron chi connectivity index (χ4n) is 5.16. The zero-order valence-corrected chi connectivity index (χ0v) is 22.1. The third-order valence-electron chi connectivity index (χ3n) is 7.12. The summed E-state index contributed by atoms with van der Waals surface area (Å²) in [5.74, 6) is 0.0438. The smallest absolute Gasteiger partial charge is 0.339 e. The molecule has 0 spiro atoms. The molecule has 1 aliphatic heterocycles. The highest BCUT2D eigenvalue weighted by Gasteiger charge is 2.29. The summed E-state index contributed by atoms with van der Waals surface area (Å²) in [6.07, 6.45) is 3.02. The van der Waals surface area contributed by atoms with Gasteiger partial charge >= 0.3 is 5.97 Å². The van der Waals surface area contributed by atoms with E-state index in [0.717, 1.165) is 35.2 Å². The highest BCUT2D eigenvalue weighted by molar-refractivity contribution is 6.08. The van der Waals surface area contributed by atoms with Crippen molar-refractivity contribution >= 4 is 45.8 Å². The Balaban J connectivity index is 1.33. The normalized spacial score (nSPS) is 15.3. The van der Waals surface area contributed by atoms with Gasteiger partial charge in [-0.25, -0.2) is 9.78 Å². The molecule has 0 bridgehead atoms. The predicted molar refractivity (Wildman–Crippen MR) is 152 cm³/mol. The van der Waals surface area contributed by atoms with Crippen LogP contribution in [-0.4, -0.2) is 34.7 Å².